The molecule has 0 aliphatic heterocycles. The van der Waals surface area contributed by atoms with Crippen LogP contribution in [0.3, 0.4) is 0 Å². The van der Waals surface area contributed by atoms with Gasteiger partial charge in [0.15, 0.2) is 0 Å². The molecule has 0 aliphatic rings. The quantitative estimate of drug-likeness (QED) is 0.511. The van der Waals surface area contributed by atoms with Crippen LogP contribution in [0.25, 0.3) is 0 Å². The van der Waals surface area contributed by atoms with E-state index in [1.165, 1.54) is 11.1 Å². The van der Waals surface area contributed by atoms with E-state index < -0.39 is 8.32 Å². The van der Waals surface area contributed by atoms with Crippen LogP contribution < -0.4 is 0 Å². The zero-order valence-corrected chi connectivity index (χ0v) is 17.2. The van der Waals surface area contributed by atoms with E-state index in [0.717, 1.165) is 12.8 Å². The Kier molecular flexibility index (Phi) is 8.76. The van der Waals surface area contributed by atoms with E-state index in [4.69, 9.17) is 9.53 Å². The highest BCUT2D eigenvalue weighted by Crippen LogP contribution is 2.42. The van der Waals surface area contributed by atoms with Gasteiger partial charge in [-0.15, -0.1) is 5.92 Å². The molecule has 0 heterocycles. The molecular weight excluding hydrogens is 312 g/mol. The Bertz CT molecular complexity index is 531. The van der Waals surface area contributed by atoms with Gasteiger partial charge in [0.25, 0.3) is 0 Å². The first kappa shape index (κ1) is 21.0. The van der Waals surface area contributed by atoms with Gasteiger partial charge in [-0.05, 0) is 34.2 Å². The van der Waals surface area contributed by atoms with Crippen molar-refractivity contribution in [3.8, 4) is 11.8 Å². The molecule has 0 aliphatic carbocycles. The van der Waals surface area contributed by atoms with Crippen molar-refractivity contribution in [1.29, 1.82) is 0 Å². The van der Waals surface area contributed by atoms with Gasteiger partial charge < -0.3 is 9.53 Å². The summed E-state index contributed by atoms with van der Waals surface area (Å²) in [6, 6.07) is 8.51. The van der Waals surface area contributed by atoms with Crippen molar-refractivity contribution < 1.29 is 9.53 Å². The third kappa shape index (κ3) is 5.21. The summed E-state index contributed by atoms with van der Waals surface area (Å²) in [4.78, 5) is 0. The minimum atomic E-state index is -1.84. The molecule has 2 nitrogen and oxygen atoms in total. The number of rotatable bonds is 8. The highest BCUT2D eigenvalue weighted by molar-refractivity contribution is 6.77. The summed E-state index contributed by atoms with van der Waals surface area (Å²) < 4.78 is 6.73. The van der Waals surface area contributed by atoms with E-state index in [9.17, 15) is 0 Å². The van der Waals surface area contributed by atoms with Crippen LogP contribution in [0.2, 0.25) is 16.6 Å². The summed E-state index contributed by atoms with van der Waals surface area (Å²) in [6.45, 7) is 14.6. The Morgan fingerprint density at radius 3 is 1.96 bits per heavy atom. The van der Waals surface area contributed by atoms with Gasteiger partial charge in [-0.2, -0.15) is 0 Å². The van der Waals surface area contributed by atoms with E-state index in [2.05, 4.69) is 77.6 Å². The molecular formula is C21H34O2Si. The van der Waals surface area contributed by atoms with Crippen LogP contribution in [-0.2, 0) is 17.5 Å². The number of aryl methyl sites for hydroxylation is 1. The van der Waals surface area contributed by atoms with Crippen LogP contribution in [0.4, 0.5) is 0 Å². The molecule has 1 aromatic rings. The number of hydrogen-bond acceptors (Lipinski definition) is 2. The van der Waals surface area contributed by atoms with Gasteiger partial charge in [0.05, 0.1) is 6.61 Å². The first-order valence-electron chi connectivity index (χ1n) is 9.13. The minimum absolute atomic E-state index is 0.0595. The van der Waals surface area contributed by atoms with E-state index in [-0.39, 0.29) is 6.61 Å². The van der Waals surface area contributed by atoms with Gasteiger partial charge in [0, 0.05) is 6.42 Å². The number of hydrogen-bond donors (Lipinski definition) is 1. The molecule has 0 unspecified atom stereocenters. The molecule has 0 atom stereocenters. The Morgan fingerprint density at radius 1 is 0.917 bits per heavy atom. The van der Waals surface area contributed by atoms with Gasteiger partial charge in [-0.25, -0.2) is 0 Å². The van der Waals surface area contributed by atoms with Gasteiger partial charge in [-0.1, -0.05) is 71.7 Å². The standard InChI is InChI=1S/C21H34O2Si/c1-17(2)24(18(3)4,19(5)6)23-16-21-14-10-9-13-20(21)12-8-7-11-15-22/h9-10,13-14,17-19,22H,8,12,15-16H2,1-6H3. The van der Waals surface area contributed by atoms with Gasteiger partial charge >= 0.3 is 0 Å². The van der Waals surface area contributed by atoms with E-state index in [1.807, 2.05) is 0 Å². The van der Waals surface area contributed by atoms with Crippen LogP contribution in [0.5, 0.6) is 0 Å². The topological polar surface area (TPSA) is 29.5 Å². The summed E-state index contributed by atoms with van der Waals surface area (Å²) in [5, 5.41) is 8.76. The third-order valence-corrected chi connectivity index (χ3v) is 11.1. The first-order chi connectivity index (χ1) is 11.4. The first-order valence-corrected chi connectivity index (χ1v) is 11.3. The normalized spacial score (nSPS) is 11.9. The summed E-state index contributed by atoms with van der Waals surface area (Å²) in [6.07, 6.45) is 1.69. The predicted molar refractivity (Wildman–Crippen MR) is 105 cm³/mol. The summed E-state index contributed by atoms with van der Waals surface area (Å²) in [5.41, 5.74) is 4.38. The fraction of sp³-hybridized carbons (Fsp3) is 0.619. The Labute approximate surface area is 149 Å². The summed E-state index contributed by atoms with van der Waals surface area (Å²) in [5.74, 6) is 5.73. The van der Waals surface area contributed by atoms with Crippen LogP contribution in [-0.4, -0.2) is 20.0 Å². The van der Waals surface area contributed by atoms with Crippen molar-refractivity contribution in [2.45, 2.75) is 77.6 Å². The molecule has 1 rings (SSSR count). The van der Waals surface area contributed by atoms with Gasteiger partial charge in [0.1, 0.15) is 6.61 Å². The number of benzene rings is 1. The molecule has 0 saturated heterocycles. The van der Waals surface area contributed by atoms with Crippen LogP contribution >= 0.6 is 0 Å². The maximum absolute atomic E-state index is 8.76. The average molecular weight is 347 g/mol. The van der Waals surface area contributed by atoms with E-state index in [1.54, 1.807) is 0 Å². The Hall–Kier alpha value is -1.08. The lowest BCUT2D eigenvalue weighted by Crippen LogP contribution is -2.47. The monoisotopic (exact) mass is 346 g/mol. The minimum Gasteiger partial charge on any atom is -0.412 e. The molecule has 0 saturated carbocycles. The number of aliphatic hydroxyl groups excluding tert-OH is 1. The molecule has 0 fully saturated rings. The Balaban J connectivity index is 2.92. The zero-order chi connectivity index (χ0) is 18.2. The molecule has 24 heavy (non-hydrogen) atoms. The van der Waals surface area contributed by atoms with E-state index >= 15 is 0 Å². The lowest BCUT2D eigenvalue weighted by molar-refractivity contribution is 0.265. The second kappa shape index (κ2) is 10.0. The molecule has 0 radical (unpaired) electrons. The van der Waals surface area contributed by atoms with Crippen molar-refractivity contribution in [3.63, 3.8) is 0 Å². The van der Waals surface area contributed by atoms with Crippen LogP contribution in [0.15, 0.2) is 24.3 Å². The van der Waals surface area contributed by atoms with Crippen molar-refractivity contribution >= 4 is 8.32 Å². The SMILES string of the molecule is CC(C)[Si](OCc1ccccc1CCC#CCO)(C(C)C)C(C)C. The van der Waals surface area contributed by atoms with Crippen LogP contribution in [0, 0.1) is 11.8 Å². The van der Waals surface area contributed by atoms with E-state index in [0.29, 0.717) is 23.2 Å². The molecule has 3 heteroatoms. The second-order valence-electron chi connectivity index (χ2n) is 7.39. The molecule has 1 aromatic carbocycles. The molecule has 1 N–H and O–H groups in total. The molecule has 134 valence electrons. The predicted octanol–water partition coefficient (Wildman–Crippen LogP) is 5.31. The Morgan fingerprint density at radius 2 is 1.46 bits per heavy atom. The highest BCUT2D eigenvalue weighted by Gasteiger charge is 2.44. The van der Waals surface area contributed by atoms with Crippen molar-refractivity contribution in [1.82, 2.24) is 0 Å². The maximum atomic E-state index is 8.76. The van der Waals surface area contributed by atoms with Crippen molar-refractivity contribution in [3.05, 3.63) is 35.4 Å². The lowest BCUT2D eigenvalue weighted by atomic mass is 10.0. The lowest BCUT2D eigenvalue weighted by Gasteiger charge is -2.42. The fourth-order valence-electron chi connectivity index (χ4n) is 3.99. The van der Waals surface area contributed by atoms with Gasteiger partial charge in [0.2, 0.25) is 8.32 Å². The molecule has 0 aromatic heterocycles. The van der Waals surface area contributed by atoms with Crippen molar-refractivity contribution in [2.24, 2.45) is 0 Å². The maximum Gasteiger partial charge on any atom is 0.200 e. The fourth-order valence-corrected chi connectivity index (χ4v) is 9.39. The van der Waals surface area contributed by atoms with Gasteiger partial charge in [-0.3, -0.25) is 0 Å². The summed E-state index contributed by atoms with van der Waals surface area (Å²) in [7, 11) is -1.84. The second-order valence-corrected chi connectivity index (χ2v) is 12.8. The zero-order valence-electron chi connectivity index (χ0n) is 16.2. The molecule has 0 amide bonds. The largest absolute Gasteiger partial charge is 0.412 e. The van der Waals surface area contributed by atoms with Crippen molar-refractivity contribution in [2.75, 3.05) is 6.61 Å². The van der Waals surface area contributed by atoms with Crippen LogP contribution in [0.1, 0.15) is 59.1 Å². The molecule has 0 bridgehead atoms. The summed E-state index contributed by atoms with van der Waals surface area (Å²) >= 11 is 0. The highest BCUT2D eigenvalue weighted by atomic mass is 28.4. The molecule has 0 spiro atoms. The smallest absolute Gasteiger partial charge is 0.200 e. The number of aliphatic hydroxyl groups is 1. The third-order valence-electron chi connectivity index (χ3n) is 5.03. The average Bonchev–Trinajstić information content (AvgIpc) is 2.52.